The van der Waals surface area contributed by atoms with Gasteiger partial charge in [0.2, 0.25) is 0 Å². The minimum Gasteiger partial charge on any atom is -0.481 e. The Morgan fingerprint density at radius 2 is 2.32 bits per heavy atom. The van der Waals surface area contributed by atoms with Crippen molar-refractivity contribution in [1.29, 1.82) is 5.26 Å². The van der Waals surface area contributed by atoms with Crippen molar-refractivity contribution < 1.29 is 14.1 Å². The molecule has 0 fully saturated rings. The lowest BCUT2D eigenvalue weighted by Crippen LogP contribution is -2.36. The number of carbonyl (C=O) groups is 1. The summed E-state index contributed by atoms with van der Waals surface area (Å²) >= 11 is 5.59. The Balaban J connectivity index is 1.94. The van der Waals surface area contributed by atoms with E-state index in [1.54, 1.807) is 17.8 Å². The summed E-state index contributed by atoms with van der Waals surface area (Å²) in [5.74, 6) is -1.27. The molecule has 4 atom stereocenters. The molecule has 4 unspecified atom stereocenters. The summed E-state index contributed by atoms with van der Waals surface area (Å²) in [5, 5.41) is 19.1. The molecule has 0 saturated carbocycles. The van der Waals surface area contributed by atoms with Gasteiger partial charge in [-0.25, -0.2) is 0 Å². The van der Waals surface area contributed by atoms with E-state index < -0.39 is 11.9 Å². The van der Waals surface area contributed by atoms with Crippen molar-refractivity contribution in [2.75, 3.05) is 6.61 Å². The molecule has 0 radical (unpaired) electrons. The van der Waals surface area contributed by atoms with E-state index in [0.29, 0.717) is 12.2 Å². The molecule has 2 aliphatic carbocycles. The zero-order chi connectivity index (χ0) is 18.2. The van der Waals surface area contributed by atoms with Crippen LogP contribution < -0.4 is 0 Å². The first-order valence-electron chi connectivity index (χ1n) is 8.54. The second-order valence-electron chi connectivity index (χ2n) is 7.82. The van der Waals surface area contributed by atoms with Gasteiger partial charge in [-0.3, -0.25) is 4.79 Å². The summed E-state index contributed by atoms with van der Waals surface area (Å²) in [6.07, 6.45) is 8.56. The van der Waals surface area contributed by atoms with Gasteiger partial charge in [0.25, 0.3) is 0 Å². The van der Waals surface area contributed by atoms with Crippen LogP contribution in [0.2, 0.25) is 0 Å². The molecule has 0 spiro atoms. The molecule has 0 bridgehead atoms. The van der Waals surface area contributed by atoms with Gasteiger partial charge in [-0.1, -0.05) is 26.0 Å². The number of carboxylic acids is 1. The highest BCUT2D eigenvalue weighted by molar-refractivity contribution is 8.04. The molecule has 1 heterocycles. The maximum absolute atomic E-state index is 12.1. The summed E-state index contributed by atoms with van der Waals surface area (Å²) in [4.78, 5) is 13.4. The summed E-state index contributed by atoms with van der Waals surface area (Å²) in [6.45, 7) is 4.82. The first-order valence-corrected chi connectivity index (χ1v) is 9.78. The molecular formula is C19H23NO3S2. The first kappa shape index (κ1) is 18.6. The van der Waals surface area contributed by atoms with Crippen molar-refractivity contribution in [3.63, 3.8) is 0 Å². The van der Waals surface area contributed by atoms with Crippen LogP contribution in [0.25, 0.3) is 0 Å². The lowest BCUT2D eigenvalue weighted by atomic mass is 9.71. The van der Waals surface area contributed by atoms with E-state index in [1.165, 1.54) is 4.91 Å². The molecule has 3 aliphatic rings. The van der Waals surface area contributed by atoms with Crippen LogP contribution in [0.15, 0.2) is 34.3 Å². The molecule has 0 aromatic heterocycles. The Bertz CT molecular complexity index is 702. The number of thiol groups is 1. The van der Waals surface area contributed by atoms with Gasteiger partial charge in [-0.2, -0.15) is 5.26 Å². The number of rotatable bonds is 4. The fourth-order valence-electron chi connectivity index (χ4n) is 4.16. The van der Waals surface area contributed by atoms with Crippen LogP contribution >= 0.6 is 24.7 Å². The zero-order valence-electron chi connectivity index (χ0n) is 14.4. The normalized spacial score (nSPS) is 33.6. The van der Waals surface area contributed by atoms with Gasteiger partial charge >= 0.3 is 5.97 Å². The number of hydrogen-bond acceptors (Lipinski definition) is 5. The Labute approximate surface area is 158 Å². The van der Waals surface area contributed by atoms with Gasteiger partial charge in [0.15, 0.2) is 0 Å². The standard InChI is InChI=1S/C19H23NO3S2/c1-19(2)6-5-15-14(8-19)16(18(21)22)17(25-15)13-7-11(9-20)3-4-12(13)10-23-24/h3-4,7,12-13,16-17,24H,5-6,8,10H2,1-2H3,(H,21,22). The van der Waals surface area contributed by atoms with Gasteiger partial charge in [0.1, 0.15) is 0 Å². The number of nitriles is 1. The van der Waals surface area contributed by atoms with Crippen molar-refractivity contribution >= 4 is 30.6 Å². The number of aliphatic carboxylic acids is 1. The van der Waals surface area contributed by atoms with Gasteiger partial charge in [0, 0.05) is 22.7 Å². The molecule has 134 valence electrons. The van der Waals surface area contributed by atoms with Gasteiger partial charge < -0.3 is 9.29 Å². The first-order chi connectivity index (χ1) is 11.9. The van der Waals surface area contributed by atoms with E-state index in [0.717, 1.165) is 24.8 Å². The predicted molar refractivity (Wildman–Crippen MR) is 102 cm³/mol. The molecule has 1 aliphatic heterocycles. The fourth-order valence-corrected chi connectivity index (χ4v) is 6.09. The Hall–Kier alpha value is -1.16. The van der Waals surface area contributed by atoms with Crippen LogP contribution in [-0.4, -0.2) is 22.9 Å². The van der Waals surface area contributed by atoms with E-state index in [4.69, 9.17) is 4.18 Å². The largest absolute Gasteiger partial charge is 0.481 e. The molecular weight excluding hydrogens is 354 g/mol. The van der Waals surface area contributed by atoms with Crippen LogP contribution in [0.3, 0.4) is 0 Å². The summed E-state index contributed by atoms with van der Waals surface area (Å²) in [7, 11) is 0. The minimum atomic E-state index is -0.757. The molecule has 0 aromatic carbocycles. The highest BCUT2D eigenvalue weighted by atomic mass is 32.2. The van der Waals surface area contributed by atoms with E-state index in [-0.39, 0.29) is 22.5 Å². The molecule has 1 N–H and O–H groups in total. The molecule has 0 aromatic rings. The molecule has 0 saturated heterocycles. The molecule has 4 nitrogen and oxygen atoms in total. The van der Waals surface area contributed by atoms with Crippen molar-refractivity contribution in [3.8, 4) is 6.07 Å². The topological polar surface area (TPSA) is 70.3 Å². The SMILES string of the molecule is CC1(C)CCC2=C(C1)C(C(=O)O)C(C1C=C(C#N)C=CC1COS)S2. The van der Waals surface area contributed by atoms with Crippen LogP contribution in [-0.2, 0) is 8.98 Å². The molecule has 6 heteroatoms. The van der Waals surface area contributed by atoms with Gasteiger partial charge in [-0.15, -0.1) is 11.8 Å². The highest BCUT2D eigenvalue weighted by Crippen LogP contribution is 2.56. The summed E-state index contributed by atoms with van der Waals surface area (Å²) in [6, 6.07) is 2.18. The van der Waals surface area contributed by atoms with Crippen molar-refractivity contribution in [2.45, 2.75) is 38.4 Å². The van der Waals surface area contributed by atoms with Crippen molar-refractivity contribution in [1.82, 2.24) is 0 Å². The second-order valence-corrected chi connectivity index (χ2v) is 9.35. The zero-order valence-corrected chi connectivity index (χ0v) is 16.1. The van der Waals surface area contributed by atoms with E-state index in [2.05, 4.69) is 32.8 Å². The minimum absolute atomic E-state index is 0.0308. The maximum atomic E-state index is 12.1. The van der Waals surface area contributed by atoms with Crippen LogP contribution in [0.1, 0.15) is 33.1 Å². The fraction of sp³-hybridized carbons (Fsp3) is 0.579. The van der Waals surface area contributed by atoms with Crippen LogP contribution in [0, 0.1) is 34.5 Å². The number of carboxylic acid groups (broad SMARTS) is 1. The van der Waals surface area contributed by atoms with E-state index in [1.807, 2.05) is 12.2 Å². The predicted octanol–water partition coefficient (Wildman–Crippen LogP) is 4.38. The van der Waals surface area contributed by atoms with Gasteiger partial charge in [0.05, 0.1) is 18.6 Å². The number of hydrogen-bond donors (Lipinski definition) is 2. The lowest BCUT2D eigenvalue weighted by molar-refractivity contribution is -0.140. The molecule has 0 amide bonds. The van der Waals surface area contributed by atoms with E-state index >= 15 is 0 Å². The Kier molecular flexibility index (Phi) is 5.38. The lowest BCUT2D eigenvalue weighted by Gasteiger charge is -2.33. The van der Waals surface area contributed by atoms with E-state index in [9.17, 15) is 15.2 Å². The summed E-state index contributed by atoms with van der Waals surface area (Å²) in [5.41, 5.74) is 1.84. The highest BCUT2D eigenvalue weighted by Gasteiger charge is 2.48. The molecule has 3 rings (SSSR count). The Morgan fingerprint density at radius 1 is 1.56 bits per heavy atom. The monoisotopic (exact) mass is 377 g/mol. The maximum Gasteiger partial charge on any atom is 0.311 e. The molecule has 25 heavy (non-hydrogen) atoms. The third-order valence-electron chi connectivity index (χ3n) is 5.47. The van der Waals surface area contributed by atoms with Crippen molar-refractivity contribution in [3.05, 3.63) is 34.3 Å². The smallest absolute Gasteiger partial charge is 0.311 e. The van der Waals surface area contributed by atoms with Crippen molar-refractivity contribution in [2.24, 2.45) is 23.2 Å². The Morgan fingerprint density at radius 3 is 2.96 bits per heavy atom. The number of nitrogens with zero attached hydrogens (tertiary/aromatic N) is 1. The quantitative estimate of drug-likeness (QED) is 0.562. The van der Waals surface area contributed by atoms with Crippen LogP contribution in [0.4, 0.5) is 0 Å². The summed E-state index contributed by atoms with van der Waals surface area (Å²) < 4.78 is 5.05. The average Bonchev–Trinajstić information content (AvgIpc) is 2.92. The van der Waals surface area contributed by atoms with Gasteiger partial charge in [-0.05, 0) is 54.1 Å². The number of allylic oxidation sites excluding steroid dienone is 4. The second kappa shape index (κ2) is 7.22. The third-order valence-corrected chi connectivity index (χ3v) is 7.23. The average molecular weight is 378 g/mol. The third kappa shape index (κ3) is 3.69. The number of thioether (sulfide) groups is 1. The van der Waals surface area contributed by atoms with Crippen LogP contribution in [0.5, 0.6) is 0 Å².